The van der Waals surface area contributed by atoms with Crippen molar-refractivity contribution in [3.05, 3.63) is 0 Å². The zero-order valence-corrected chi connectivity index (χ0v) is 9.07. The molecule has 0 fully saturated rings. The van der Waals surface area contributed by atoms with Crippen LogP contribution in [-0.4, -0.2) is 39.4 Å². The molecule has 2 N–H and O–H groups in total. The second-order valence-corrected chi connectivity index (χ2v) is 3.03. The molecule has 0 radical (unpaired) electrons. The van der Waals surface area contributed by atoms with E-state index in [-0.39, 0.29) is 0 Å². The van der Waals surface area contributed by atoms with Gasteiger partial charge in [0.2, 0.25) is 0 Å². The van der Waals surface area contributed by atoms with Gasteiger partial charge in [0.15, 0.2) is 0 Å². The third kappa shape index (κ3) is 11.9. The molecule has 0 rings (SSSR count). The van der Waals surface area contributed by atoms with Gasteiger partial charge >= 0.3 is 0 Å². The molecule has 0 atom stereocenters. The Labute approximate surface area is 82.2 Å². The summed E-state index contributed by atoms with van der Waals surface area (Å²) in [4.78, 5) is 0. The molecule has 3 heteroatoms. The summed E-state index contributed by atoms with van der Waals surface area (Å²) in [5.74, 6) is 0. The van der Waals surface area contributed by atoms with Crippen molar-refractivity contribution in [1.82, 2.24) is 10.6 Å². The Morgan fingerprint density at radius 3 is 1.69 bits per heavy atom. The highest BCUT2D eigenvalue weighted by Gasteiger charge is 1.89. The van der Waals surface area contributed by atoms with Crippen LogP contribution in [0.3, 0.4) is 0 Å². The van der Waals surface area contributed by atoms with Gasteiger partial charge in [0, 0.05) is 13.2 Å². The van der Waals surface area contributed by atoms with Crippen LogP contribution in [0.5, 0.6) is 0 Å². The van der Waals surface area contributed by atoms with Crippen LogP contribution in [0.2, 0.25) is 0 Å². The molecule has 0 spiro atoms. The zero-order valence-electron chi connectivity index (χ0n) is 9.07. The maximum Gasteiger partial charge on any atom is 0.0478 e. The Balaban J connectivity index is 2.76. The summed E-state index contributed by atoms with van der Waals surface area (Å²) in [7, 11) is 0. The highest BCUT2D eigenvalue weighted by molar-refractivity contribution is 4.45. The zero-order chi connectivity index (χ0) is 9.78. The minimum atomic E-state index is 0.888. The maximum absolute atomic E-state index is 5.45. The third-order valence-corrected chi connectivity index (χ3v) is 1.78. The number of hydrogen-bond acceptors (Lipinski definition) is 3. The van der Waals surface area contributed by atoms with Crippen LogP contribution < -0.4 is 10.6 Å². The van der Waals surface area contributed by atoms with Crippen LogP contribution in [0.15, 0.2) is 0 Å². The molecule has 0 aromatic carbocycles. The molecule has 0 unspecified atom stereocenters. The molecule has 0 aliphatic rings. The first kappa shape index (κ1) is 12.9. The SMILES string of the molecule is CCNCCCOCCCNCC. The van der Waals surface area contributed by atoms with E-state index in [0.717, 1.165) is 52.2 Å². The average molecular weight is 188 g/mol. The van der Waals surface area contributed by atoms with Gasteiger partial charge in [0.25, 0.3) is 0 Å². The quantitative estimate of drug-likeness (QED) is 0.502. The molecule has 0 amide bonds. The molecule has 80 valence electrons. The minimum absolute atomic E-state index is 0.888. The van der Waals surface area contributed by atoms with Gasteiger partial charge in [0.05, 0.1) is 0 Å². The van der Waals surface area contributed by atoms with Gasteiger partial charge in [-0.2, -0.15) is 0 Å². The van der Waals surface area contributed by atoms with E-state index < -0.39 is 0 Å². The van der Waals surface area contributed by atoms with E-state index in [9.17, 15) is 0 Å². The van der Waals surface area contributed by atoms with Gasteiger partial charge in [-0.15, -0.1) is 0 Å². The minimum Gasteiger partial charge on any atom is -0.381 e. The lowest BCUT2D eigenvalue weighted by Crippen LogP contribution is -2.17. The predicted molar refractivity (Wildman–Crippen MR) is 57.1 cm³/mol. The van der Waals surface area contributed by atoms with Gasteiger partial charge in [-0.3, -0.25) is 0 Å². The summed E-state index contributed by atoms with van der Waals surface area (Å²) >= 11 is 0. The summed E-state index contributed by atoms with van der Waals surface area (Å²) in [6.45, 7) is 10.3. The van der Waals surface area contributed by atoms with Gasteiger partial charge in [-0.25, -0.2) is 0 Å². The summed E-state index contributed by atoms with van der Waals surface area (Å²) in [6.07, 6.45) is 2.24. The maximum atomic E-state index is 5.45. The molecule has 0 saturated carbocycles. The lowest BCUT2D eigenvalue weighted by Gasteiger charge is -2.04. The Hall–Kier alpha value is -0.120. The van der Waals surface area contributed by atoms with E-state index in [4.69, 9.17) is 4.74 Å². The summed E-state index contributed by atoms with van der Waals surface area (Å²) in [6, 6.07) is 0. The van der Waals surface area contributed by atoms with Crippen LogP contribution in [-0.2, 0) is 4.74 Å². The van der Waals surface area contributed by atoms with Crippen molar-refractivity contribution in [2.45, 2.75) is 26.7 Å². The lowest BCUT2D eigenvalue weighted by molar-refractivity contribution is 0.129. The second kappa shape index (κ2) is 11.9. The van der Waals surface area contributed by atoms with Crippen molar-refractivity contribution in [3.63, 3.8) is 0 Å². The molecule has 0 aromatic heterocycles. The Morgan fingerprint density at radius 1 is 0.846 bits per heavy atom. The monoisotopic (exact) mass is 188 g/mol. The first-order valence-electron chi connectivity index (χ1n) is 5.41. The van der Waals surface area contributed by atoms with Crippen molar-refractivity contribution >= 4 is 0 Å². The van der Waals surface area contributed by atoms with Crippen molar-refractivity contribution in [1.29, 1.82) is 0 Å². The number of nitrogens with one attached hydrogen (secondary N) is 2. The normalized spacial score (nSPS) is 10.6. The van der Waals surface area contributed by atoms with Crippen LogP contribution in [0.1, 0.15) is 26.7 Å². The van der Waals surface area contributed by atoms with Crippen LogP contribution in [0.4, 0.5) is 0 Å². The molecular formula is C10H24N2O. The Morgan fingerprint density at radius 2 is 1.31 bits per heavy atom. The van der Waals surface area contributed by atoms with E-state index in [2.05, 4.69) is 24.5 Å². The molecule has 13 heavy (non-hydrogen) atoms. The Kier molecular flexibility index (Phi) is 11.8. The molecular weight excluding hydrogens is 164 g/mol. The fourth-order valence-corrected chi connectivity index (χ4v) is 1.05. The number of hydrogen-bond donors (Lipinski definition) is 2. The van der Waals surface area contributed by atoms with Crippen molar-refractivity contribution < 1.29 is 4.74 Å². The van der Waals surface area contributed by atoms with Gasteiger partial charge < -0.3 is 15.4 Å². The van der Waals surface area contributed by atoms with Gasteiger partial charge in [0.1, 0.15) is 0 Å². The van der Waals surface area contributed by atoms with E-state index >= 15 is 0 Å². The van der Waals surface area contributed by atoms with E-state index in [1.54, 1.807) is 0 Å². The van der Waals surface area contributed by atoms with Crippen molar-refractivity contribution in [2.24, 2.45) is 0 Å². The molecule has 0 aliphatic heterocycles. The Bertz CT molecular complexity index is 79.0. The highest BCUT2D eigenvalue weighted by atomic mass is 16.5. The van der Waals surface area contributed by atoms with Crippen LogP contribution in [0.25, 0.3) is 0 Å². The smallest absolute Gasteiger partial charge is 0.0478 e. The highest BCUT2D eigenvalue weighted by Crippen LogP contribution is 1.84. The predicted octanol–water partition coefficient (Wildman–Crippen LogP) is 1.00. The molecule has 0 bridgehead atoms. The standard InChI is InChI=1S/C10H24N2O/c1-3-11-7-5-9-13-10-6-8-12-4-2/h11-12H,3-10H2,1-2H3. The molecule has 0 aromatic rings. The molecule has 0 heterocycles. The van der Waals surface area contributed by atoms with E-state index in [1.165, 1.54) is 0 Å². The summed E-state index contributed by atoms with van der Waals surface area (Å²) in [5, 5.41) is 6.53. The number of ether oxygens (including phenoxy) is 1. The molecule has 3 nitrogen and oxygen atoms in total. The van der Waals surface area contributed by atoms with Crippen LogP contribution in [0, 0.1) is 0 Å². The van der Waals surface area contributed by atoms with Gasteiger partial charge in [-0.05, 0) is 39.0 Å². The summed E-state index contributed by atoms with van der Waals surface area (Å²) < 4.78 is 5.45. The lowest BCUT2D eigenvalue weighted by atomic mass is 10.4. The van der Waals surface area contributed by atoms with Crippen molar-refractivity contribution in [2.75, 3.05) is 39.4 Å². The fraction of sp³-hybridized carbons (Fsp3) is 1.00. The van der Waals surface area contributed by atoms with Gasteiger partial charge in [-0.1, -0.05) is 13.8 Å². The first-order chi connectivity index (χ1) is 6.41. The summed E-state index contributed by atoms with van der Waals surface area (Å²) in [5.41, 5.74) is 0. The van der Waals surface area contributed by atoms with Crippen molar-refractivity contribution in [3.8, 4) is 0 Å². The van der Waals surface area contributed by atoms with Crippen LogP contribution >= 0.6 is 0 Å². The fourth-order valence-electron chi connectivity index (χ4n) is 1.05. The number of rotatable bonds is 10. The molecule has 0 aliphatic carbocycles. The third-order valence-electron chi connectivity index (χ3n) is 1.78. The average Bonchev–Trinajstić information content (AvgIpc) is 2.16. The molecule has 0 saturated heterocycles. The topological polar surface area (TPSA) is 33.3 Å². The van der Waals surface area contributed by atoms with E-state index in [0.29, 0.717) is 0 Å². The first-order valence-corrected chi connectivity index (χ1v) is 5.41. The second-order valence-electron chi connectivity index (χ2n) is 3.03. The largest absolute Gasteiger partial charge is 0.381 e. The van der Waals surface area contributed by atoms with E-state index in [1.807, 2.05) is 0 Å².